The monoisotopic (exact) mass is 371 g/mol. The van der Waals surface area contributed by atoms with E-state index in [9.17, 15) is 9.59 Å². The van der Waals surface area contributed by atoms with E-state index in [1.807, 2.05) is 0 Å². The number of hydrogen-bond donors (Lipinski definition) is 3. The van der Waals surface area contributed by atoms with Crippen LogP contribution in [0, 0.1) is 0 Å². The molecule has 1 aromatic heterocycles. The molecule has 5 nitrogen and oxygen atoms in total. The van der Waals surface area contributed by atoms with Crippen molar-refractivity contribution < 1.29 is 4.79 Å². The van der Waals surface area contributed by atoms with E-state index in [2.05, 4.69) is 26.2 Å². The van der Waals surface area contributed by atoms with E-state index in [0.717, 1.165) is 12.8 Å². The first-order chi connectivity index (χ1) is 8.01. The molecule has 0 aromatic carbocycles. The van der Waals surface area contributed by atoms with Crippen molar-refractivity contribution in [2.75, 3.05) is 5.32 Å². The lowest BCUT2D eigenvalue weighted by Gasteiger charge is -2.21. The van der Waals surface area contributed by atoms with Gasteiger partial charge in [-0.15, -0.1) is 24.8 Å². The quantitative estimate of drug-likeness (QED) is 0.743. The molecule has 1 aliphatic carbocycles. The van der Waals surface area contributed by atoms with E-state index >= 15 is 0 Å². The third-order valence-electron chi connectivity index (χ3n) is 3.06. The van der Waals surface area contributed by atoms with E-state index in [1.165, 1.54) is 6.20 Å². The minimum absolute atomic E-state index is 0. The number of pyridine rings is 1. The zero-order valence-electron chi connectivity index (χ0n) is 10.1. The Morgan fingerprint density at radius 3 is 2.53 bits per heavy atom. The van der Waals surface area contributed by atoms with Gasteiger partial charge < -0.3 is 16.0 Å². The Morgan fingerprint density at radius 1 is 1.37 bits per heavy atom. The molecular formula is C11H16BrCl2N3O2. The van der Waals surface area contributed by atoms with Gasteiger partial charge in [-0.25, -0.2) is 0 Å². The summed E-state index contributed by atoms with van der Waals surface area (Å²) in [5.74, 6) is -0.279. The van der Waals surface area contributed by atoms with Crippen LogP contribution in [0.1, 0.15) is 25.7 Å². The number of rotatable bonds is 2. The summed E-state index contributed by atoms with van der Waals surface area (Å²) in [5, 5.41) is 2.60. The Bertz CT molecular complexity index is 501. The molecule has 8 heteroatoms. The summed E-state index contributed by atoms with van der Waals surface area (Å²) in [6, 6.07) is 1.56. The molecule has 0 saturated heterocycles. The van der Waals surface area contributed by atoms with Crippen LogP contribution in [0.5, 0.6) is 0 Å². The molecule has 1 heterocycles. The molecular weight excluding hydrogens is 357 g/mol. The minimum Gasteiger partial charge on any atom is -0.326 e. The topological polar surface area (TPSA) is 88.0 Å². The predicted molar refractivity (Wildman–Crippen MR) is 83.3 cm³/mol. The lowest BCUT2D eigenvalue weighted by molar-refractivity contribution is -0.121. The fourth-order valence-corrected chi connectivity index (χ4v) is 2.37. The maximum absolute atomic E-state index is 12.0. The fourth-order valence-electron chi connectivity index (χ4n) is 2.03. The van der Waals surface area contributed by atoms with Crippen LogP contribution in [0.25, 0.3) is 0 Å². The SMILES string of the molecule is Cl.Cl.NC1(C(=O)Nc2cc(Br)c[nH]c2=O)CCCC1. The van der Waals surface area contributed by atoms with Crippen molar-refractivity contribution in [2.45, 2.75) is 31.2 Å². The van der Waals surface area contributed by atoms with Gasteiger partial charge in [0.2, 0.25) is 5.91 Å². The Morgan fingerprint density at radius 2 is 1.95 bits per heavy atom. The largest absolute Gasteiger partial charge is 0.326 e. The van der Waals surface area contributed by atoms with Gasteiger partial charge in [0, 0.05) is 10.7 Å². The molecule has 108 valence electrons. The third kappa shape index (κ3) is 4.21. The van der Waals surface area contributed by atoms with Gasteiger partial charge in [0.05, 0.1) is 5.54 Å². The number of anilines is 1. The van der Waals surface area contributed by atoms with E-state index in [0.29, 0.717) is 17.3 Å². The van der Waals surface area contributed by atoms with E-state index in [1.54, 1.807) is 6.07 Å². The highest BCUT2D eigenvalue weighted by Gasteiger charge is 2.37. The summed E-state index contributed by atoms with van der Waals surface area (Å²) in [6.07, 6.45) is 4.78. The highest BCUT2D eigenvalue weighted by atomic mass is 79.9. The molecule has 0 radical (unpaired) electrons. The lowest BCUT2D eigenvalue weighted by atomic mass is 9.98. The van der Waals surface area contributed by atoms with Gasteiger partial charge in [-0.1, -0.05) is 12.8 Å². The molecule has 1 amide bonds. The number of halogens is 3. The normalized spacial score (nSPS) is 16.1. The van der Waals surface area contributed by atoms with Crippen molar-refractivity contribution in [3.05, 3.63) is 27.1 Å². The van der Waals surface area contributed by atoms with Crippen molar-refractivity contribution in [1.82, 2.24) is 4.98 Å². The van der Waals surface area contributed by atoms with E-state index in [4.69, 9.17) is 5.73 Å². The summed E-state index contributed by atoms with van der Waals surface area (Å²) < 4.78 is 0.699. The van der Waals surface area contributed by atoms with Crippen LogP contribution in [0.2, 0.25) is 0 Å². The summed E-state index contributed by atoms with van der Waals surface area (Å²) in [7, 11) is 0. The van der Waals surface area contributed by atoms with Crippen LogP contribution in [-0.2, 0) is 4.79 Å². The number of nitrogens with two attached hydrogens (primary N) is 1. The Labute approximate surface area is 131 Å². The number of hydrogen-bond acceptors (Lipinski definition) is 3. The van der Waals surface area contributed by atoms with Crippen molar-refractivity contribution >= 4 is 52.3 Å². The maximum Gasteiger partial charge on any atom is 0.271 e. The molecule has 0 unspecified atom stereocenters. The second-order valence-corrected chi connectivity index (χ2v) is 5.29. The second kappa shape index (κ2) is 7.28. The first-order valence-electron chi connectivity index (χ1n) is 5.50. The average Bonchev–Trinajstić information content (AvgIpc) is 2.72. The highest BCUT2D eigenvalue weighted by molar-refractivity contribution is 9.10. The molecule has 1 saturated carbocycles. The van der Waals surface area contributed by atoms with E-state index < -0.39 is 5.54 Å². The maximum atomic E-state index is 12.0. The molecule has 4 N–H and O–H groups in total. The number of carbonyl (C=O) groups excluding carboxylic acids is 1. The highest BCUT2D eigenvalue weighted by Crippen LogP contribution is 2.28. The molecule has 19 heavy (non-hydrogen) atoms. The molecule has 0 aliphatic heterocycles. The van der Waals surface area contributed by atoms with E-state index in [-0.39, 0.29) is 42.0 Å². The first kappa shape index (κ1) is 18.4. The molecule has 0 spiro atoms. The van der Waals surface area contributed by atoms with Crippen molar-refractivity contribution in [3.8, 4) is 0 Å². The number of carbonyl (C=O) groups is 1. The standard InChI is InChI=1S/C11H14BrN3O2.2ClH/c12-7-5-8(9(16)14-6-7)15-10(17)11(13)3-1-2-4-11;;/h5-6H,1-4,13H2,(H,14,16)(H,15,17);2*1H. The van der Waals surface area contributed by atoms with Crippen molar-refractivity contribution in [2.24, 2.45) is 5.73 Å². The summed E-state index contributed by atoms with van der Waals surface area (Å²) >= 11 is 3.23. The van der Waals surface area contributed by atoms with Crippen molar-refractivity contribution in [3.63, 3.8) is 0 Å². The number of nitrogens with one attached hydrogen (secondary N) is 2. The number of aromatic amines is 1. The Balaban J connectivity index is 0.00000162. The third-order valence-corrected chi connectivity index (χ3v) is 3.52. The van der Waals surface area contributed by atoms with Crippen LogP contribution in [0.3, 0.4) is 0 Å². The van der Waals surface area contributed by atoms with Gasteiger partial charge in [-0.2, -0.15) is 0 Å². The van der Waals surface area contributed by atoms with Crippen molar-refractivity contribution in [1.29, 1.82) is 0 Å². The molecule has 0 atom stereocenters. The summed E-state index contributed by atoms with van der Waals surface area (Å²) in [6.45, 7) is 0. The minimum atomic E-state index is -0.825. The van der Waals surface area contributed by atoms with Crippen LogP contribution in [0.15, 0.2) is 21.5 Å². The van der Waals surface area contributed by atoms with Crippen LogP contribution < -0.4 is 16.6 Å². The van der Waals surface area contributed by atoms with Gasteiger partial charge in [0.25, 0.3) is 5.56 Å². The van der Waals surface area contributed by atoms with Gasteiger partial charge in [0.1, 0.15) is 5.69 Å². The van der Waals surface area contributed by atoms with Gasteiger partial charge in [-0.3, -0.25) is 9.59 Å². The zero-order chi connectivity index (χ0) is 12.5. The van der Waals surface area contributed by atoms with Gasteiger partial charge in [0.15, 0.2) is 0 Å². The summed E-state index contributed by atoms with van der Waals surface area (Å²) in [5.41, 5.74) is 5.07. The fraction of sp³-hybridized carbons (Fsp3) is 0.455. The molecule has 1 fully saturated rings. The van der Waals surface area contributed by atoms with Crippen LogP contribution in [0.4, 0.5) is 5.69 Å². The lowest BCUT2D eigenvalue weighted by Crippen LogP contribution is -2.49. The number of amides is 1. The Hall–Kier alpha value is -0.560. The van der Waals surface area contributed by atoms with Gasteiger partial charge >= 0.3 is 0 Å². The number of aromatic nitrogens is 1. The van der Waals surface area contributed by atoms with Gasteiger partial charge in [-0.05, 0) is 34.8 Å². The zero-order valence-corrected chi connectivity index (χ0v) is 13.3. The summed E-state index contributed by atoms with van der Waals surface area (Å²) in [4.78, 5) is 26.0. The Kier molecular flexibility index (Phi) is 7.07. The molecule has 0 bridgehead atoms. The molecule has 1 aliphatic rings. The van der Waals surface area contributed by atoms with Crippen LogP contribution in [-0.4, -0.2) is 16.4 Å². The van der Waals surface area contributed by atoms with Crippen LogP contribution >= 0.6 is 40.7 Å². The average molecular weight is 373 g/mol. The first-order valence-corrected chi connectivity index (χ1v) is 6.29. The second-order valence-electron chi connectivity index (χ2n) is 4.38. The number of H-pyrrole nitrogens is 1. The molecule has 2 rings (SSSR count). The smallest absolute Gasteiger partial charge is 0.271 e. The predicted octanol–water partition coefficient (Wildman–Crippen LogP) is 2.19. The molecule has 1 aromatic rings.